The predicted molar refractivity (Wildman–Crippen MR) is 77.2 cm³/mol. The van der Waals surface area contributed by atoms with E-state index in [-0.39, 0.29) is 0 Å². The fraction of sp³-hybridized carbons (Fsp3) is 0.500. The van der Waals surface area contributed by atoms with E-state index >= 15 is 0 Å². The minimum atomic E-state index is -0.417. The van der Waals surface area contributed by atoms with Gasteiger partial charge in [-0.05, 0) is 31.7 Å². The Balaban J connectivity index is 2.80. The van der Waals surface area contributed by atoms with Crippen molar-refractivity contribution in [3.63, 3.8) is 0 Å². The second-order valence-electron chi connectivity index (χ2n) is 5.10. The molecule has 1 rings (SSSR count). The molecule has 0 radical (unpaired) electrons. The van der Waals surface area contributed by atoms with Crippen LogP contribution in [0, 0.1) is 5.92 Å². The number of benzene rings is 1. The molecule has 104 valence electrons. The Bertz CT molecular complexity index is 431. The van der Waals surface area contributed by atoms with Crippen molar-refractivity contribution in [3.8, 4) is 0 Å². The van der Waals surface area contributed by atoms with E-state index in [1.54, 1.807) is 17.0 Å². The Morgan fingerprint density at radius 3 is 2.00 bits per heavy atom. The molecule has 0 heterocycles. The zero-order chi connectivity index (χ0) is 14.4. The predicted octanol–water partition coefficient (Wildman–Crippen LogP) is 2.94. The lowest BCUT2D eigenvalue weighted by Gasteiger charge is -2.17. The lowest BCUT2D eigenvalue weighted by atomic mass is 10.0. The molecule has 0 aliphatic heterocycles. The second kappa shape index (κ2) is 7.07. The fourth-order valence-corrected chi connectivity index (χ4v) is 2.04. The molecule has 0 fully saturated rings. The van der Waals surface area contributed by atoms with Crippen LogP contribution in [-0.4, -0.2) is 29.7 Å². The minimum absolute atomic E-state index is 0.415. The van der Waals surface area contributed by atoms with E-state index in [2.05, 4.69) is 13.8 Å². The van der Waals surface area contributed by atoms with E-state index in [4.69, 9.17) is 0 Å². The zero-order valence-electron chi connectivity index (χ0n) is 12.3. The van der Waals surface area contributed by atoms with Crippen LogP contribution in [0.3, 0.4) is 0 Å². The quantitative estimate of drug-likeness (QED) is 0.583. The van der Waals surface area contributed by atoms with Gasteiger partial charge in [0.1, 0.15) is 0 Å². The van der Waals surface area contributed by atoms with E-state index in [0.717, 1.165) is 6.42 Å². The zero-order valence-corrected chi connectivity index (χ0v) is 12.3. The topological polar surface area (TPSA) is 37.4 Å². The third-order valence-electron chi connectivity index (χ3n) is 3.10. The molecule has 1 aromatic rings. The number of ketones is 1. The van der Waals surface area contributed by atoms with E-state index in [1.807, 2.05) is 26.0 Å². The van der Waals surface area contributed by atoms with Gasteiger partial charge in [-0.25, -0.2) is 0 Å². The van der Waals surface area contributed by atoms with Gasteiger partial charge in [-0.1, -0.05) is 38.1 Å². The number of nitrogens with zero attached hydrogens (tertiary/aromatic N) is 1. The maximum atomic E-state index is 12.0. The fourth-order valence-electron chi connectivity index (χ4n) is 2.04. The summed E-state index contributed by atoms with van der Waals surface area (Å²) in [4.78, 5) is 25.5. The summed E-state index contributed by atoms with van der Waals surface area (Å²) in [5.74, 6) is -0.250. The molecule has 0 saturated carbocycles. The molecule has 0 N–H and O–H groups in total. The molecule has 0 bridgehead atoms. The highest BCUT2D eigenvalue weighted by Gasteiger charge is 2.20. The summed E-state index contributed by atoms with van der Waals surface area (Å²) in [6, 6.07) is 7.37. The van der Waals surface area contributed by atoms with Crippen LogP contribution in [0.15, 0.2) is 24.3 Å². The standard InChI is InChI=1S/C16H23NO2/c1-5-17(6-2)16(19)15(18)14-9-7-13(8-10-14)11-12(3)4/h7-10,12H,5-6,11H2,1-4H3. The molecule has 0 unspecified atom stereocenters. The molecule has 0 spiro atoms. The summed E-state index contributed by atoms with van der Waals surface area (Å²) in [5.41, 5.74) is 1.67. The van der Waals surface area contributed by atoms with Crippen molar-refractivity contribution < 1.29 is 9.59 Å². The number of likely N-dealkylation sites (N-methyl/N-ethyl adjacent to an activating group) is 1. The highest BCUT2D eigenvalue weighted by atomic mass is 16.2. The number of hydrogen-bond acceptors (Lipinski definition) is 2. The van der Waals surface area contributed by atoms with Crippen LogP contribution in [0.2, 0.25) is 0 Å². The van der Waals surface area contributed by atoms with Crippen LogP contribution >= 0.6 is 0 Å². The molecule has 0 aliphatic carbocycles. The highest BCUT2D eigenvalue weighted by molar-refractivity contribution is 6.42. The van der Waals surface area contributed by atoms with Crippen LogP contribution < -0.4 is 0 Å². The van der Waals surface area contributed by atoms with E-state index in [1.165, 1.54) is 5.56 Å². The first kappa shape index (κ1) is 15.4. The first-order valence-corrected chi connectivity index (χ1v) is 6.92. The van der Waals surface area contributed by atoms with Crippen molar-refractivity contribution in [2.75, 3.05) is 13.1 Å². The van der Waals surface area contributed by atoms with E-state index < -0.39 is 11.7 Å². The summed E-state index contributed by atoms with van der Waals surface area (Å²) in [7, 11) is 0. The van der Waals surface area contributed by atoms with Crippen LogP contribution in [0.1, 0.15) is 43.6 Å². The molecule has 0 atom stereocenters. The maximum Gasteiger partial charge on any atom is 0.294 e. The summed E-state index contributed by atoms with van der Waals surface area (Å²) in [5, 5.41) is 0. The molecule has 0 aromatic heterocycles. The smallest absolute Gasteiger partial charge is 0.294 e. The largest absolute Gasteiger partial charge is 0.336 e. The monoisotopic (exact) mass is 261 g/mol. The van der Waals surface area contributed by atoms with Crippen LogP contribution in [0.4, 0.5) is 0 Å². The summed E-state index contributed by atoms with van der Waals surface area (Å²) < 4.78 is 0. The molecule has 0 aliphatic rings. The van der Waals surface area contributed by atoms with E-state index in [0.29, 0.717) is 24.6 Å². The second-order valence-corrected chi connectivity index (χ2v) is 5.10. The summed E-state index contributed by atoms with van der Waals surface area (Å²) >= 11 is 0. The van der Waals surface area contributed by atoms with Gasteiger partial charge in [-0.3, -0.25) is 9.59 Å². The average Bonchev–Trinajstić information content (AvgIpc) is 2.39. The Kier molecular flexibility index (Phi) is 5.74. The van der Waals surface area contributed by atoms with Crippen molar-refractivity contribution in [2.24, 2.45) is 5.92 Å². The normalized spacial score (nSPS) is 10.6. The Labute approximate surface area is 115 Å². The number of carbonyl (C=O) groups excluding carboxylic acids is 2. The van der Waals surface area contributed by atoms with Gasteiger partial charge in [0.2, 0.25) is 5.78 Å². The summed E-state index contributed by atoms with van der Waals surface area (Å²) in [6.45, 7) is 9.19. The number of carbonyl (C=O) groups is 2. The van der Waals surface area contributed by atoms with Crippen LogP contribution in [0.5, 0.6) is 0 Å². The van der Waals surface area contributed by atoms with Gasteiger partial charge in [-0.2, -0.15) is 0 Å². The van der Waals surface area contributed by atoms with Crippen molar-refractivity contribution in [3.05, 3.63) is 35.4 Å². The molecule has 3 nitrogen and oxygen atoms in total. The highest BCUT2D eigenvalue weighted by Crippen LogP contribution is 2.11. The Hall–Kier alpha value is -1.64. The van der Waals surface area contributed by atoms with Crippen molar-refractivity contribution in [1.82, 2.24) is 4.90 Å². The lowest BCUT2D eigenvalue weighted by molar-refractivity contribution is -0.126. The molecule has 1 amide bonds. The number of hydrogen-bond donors (Lipinski definition) is 0. The SMILES string of the molecule is CCN(CC)C(=O)C(=O)c1ccc(CC(C)C)cc1. The van der Waals surface area contributed by atoms with Crippen molar-refractivity contribution in [2.45, 2.75) is 34.1 Å². The van der Waals surface area contributed by atoms with Gasteiger partial charge in [0.05, 0.1) is 0 Å². The molecule has 19 heavy (non-hydrogen) atoms. The molecular formula is C16H23NO2. The van der Waals surface area contributed by atoms with Crippen LogP contribution in [-0.2, 0) is 11.2 Å². The molecule has 3 heteroatoms. The molecular weight excluding hydrogens is 238 g/mol. The number of rotatable bonds is 6. The lowest BCUT2D eigenvalue weighted by Crippen LogP contribution is -2.36. The van der Waals surface area contributed by atoms with Gasteiger partial charge in [0.15, 0.2) is 0 Å². The third-order valence-corrected chi connectivity index (χ3v) is 3.10. The third kappa shape index (κ3) is 4.19. The first-order valence-electron chi connectivity index (χ1n) is 6.92. The van der Waals surface area contributed by atoms with E-state index in [9.17, 15) is 9.59 Å². The van der Waals surface area contributed by atoms with Gasteiger partial charge in [-0.15, -0.1) is 0 Å². The van der Waals surface area contributed by atoms with Gasteiger partial charge >= 0.3 is 0 Å². The maximum absolute atomic E-state index is 12.0. The Morgan fingerprint density at radius 1 is 1.05 bits per heavy atom. The average molecular weight is 261 g/mol. The van der Waals surface area contributed by atoms with Gasteiger partial charge < -0.3 is 4.90 Å². The Morgan fingerprint density at radius 2 is 1.58 bits per heavy atom. The minimum Gasteiger partial charge on any atom is -0.336 e. The first-order chi connectivity index (χ1) is 8.99. The van der Waals surface area contributed by atoms with Crippen molar-refractivity contribution in [1.29, 1.82) is 0 Å². The summed E-state index contributed by atoms with van der Waals surface area (Å²) in [6.07, 6.45) is 0.985. The van der Waals surface area contributed by atoms with Gasteiger partial charge in [0.25, 0.3) is 5.91 Å². The number of amides is 1. The molecule has 1 aromatic carbocycles. The van der Waals surface area contributed by atoms with Crippen molar-refractivity contribution >= 4 is 11.7 Å². The van der Waals surface area contributed by atoms with Crippen LogP contribution in [0.25, 0.3) is 0 Å². The van der Waals surface area contributed by atoms with Gasteiger partial charge in [0, 0.05) is 18.7 Å². The molecule has 0 saturated heterocycles. The number of Topliss-reactive ketones (excluding diaryl/α,β-unsaturated/α-hetero) is 1.